The molecule has 0 bridgehead atoms. The summed E-state index contributed by atoms with van der Waals surface area (Å²) < 4.78 is 11.1. The van der Waals surface area contributed by atoms with Gasteiger partial charge in [0.2, 0.25) is 11.8 Å². The van der Waals surface area contributed by atoms with Crippen molar-refractivity contribution in [3.63, 3.8) is 0 Å². The average molecular weight is 353 g/mol. The molecule has 2 aromatic rings. The lowest BCUT2D eigenvalue weighted by Gasteiger charge is -2.24. The number of likely N-dealkylation sites (tertiary alicyclic amines) is 1. The van der Waals surface area contributed by atoms with Gasteiger partial charge in [-0.25, -0.2) is 4.98 Å². The Hall–Kier alpha value is -2.63. The van der Waals surface area contributed by atoms with Crippen LogP contribution in [0.5, 0.6) is 17.4 Å². The topological polar surface area (TPSA) is 64.6 Å². The Kier molecular flexibility index (Phi) is 4.49. The number of benzene rings is 1. The van der Waals surface area contributed by atoms with Crippen LogP contribution in [-0.4, -0.2) is 34.4 Å². The van der Waals surface area contributed by atoms with E-state index in [9.17, 15) is 4.79 Å². The summed E-state index contributed by atoms with van der Waals surface area (Å²) in [5, 5.41) is 0. The smallest absolute Gasteiger partial charge is 0.226 e. The van der Waals surface area contributed by atoms with Crippen LogP contribution in [0.3, 0.4) is 0 Å². The maximum atomic E-state index is 12.5. The monoisotopic (exact) mass is 353 g/mol. The first-order valence-corrected chi connectivity index (χ1v) is 9.12. The molecule has 0 radical (unpaired) electrons. The Labute approximate surface area is 153 Å². The minimum atomic E-state index is -0.0405. The molecule has 6 nitrogen and oxygen atoms in total. The molecule has 1 aliphatic carbocycles. The van der Waals surface area contributed by atoms with Crippen molar-refractivity contribution in [2.45, 2.75) is 38.6 Å². The number of carbonyl (C=O) groups is 1. The predicted octanol–water partition coefficient (Wildman–Crippen LogP) is 3.66. The third kappa shape index (κ3) is 3.49. The molecule has 0 spiro atoms. The average Bonchev–Trinajstić information content (AvgIpc) is 3.37. The summed E-state index contributed by atoms with van der Waals surface area (Å²) in [6.45, 7) is 2.72. The van der Waals surface area contributed by atoms with Crippen LogP contribution in [-0.2, 0) is 4.79 Å². The fraction of sp³-hybridized carbons (Fsp3) is 0.450. The minimum Gasteiger partial charge on any atom is -0.497 e. The largest absolute Gasteiger partial charge is 0.497 e. The molecule has 2 fully saturated rings. The molecule has 136 valence electrons. The van der Waals surface area contributed by atoms with Crippen molar-refractivity contribution >= 4 is 5.91 Å². The Balaban J connectivity index is 1.56. The second kappa shape index (κ2) is 6.94. The quantitative estimate of drug-likeness (QED) is 0.821. The van der Waals surface area contributed by atoms with Gasteiger partial charge in [-0.05, 0) is 56.9 Å². The predicted molar refractivity (Wildman–Crippen MR) is 96.2 cm³/mol. The van der Waals surface area contributed by atoms with Crippen LogP contribution in [0.25, 0.3) is 0 Å². The highest BCUT2D eigenvalue weighted by molar-refractivity contribution is 5.81. The second-order valence-corrected chi connectivity index (χ2v) is 6.95. The second-order valence-electron chi connectivity index (χ2n) is 6.95. The molecule has 6 heteroatoms. The number of hydrogen-bond donors (Lipinski definition) is 0. The van der Waals surface area contributed by atoms with E-state index in [2.05, 4.69) is 9.97 Å². The van der Waals surface area contributed by atoms with Gasteiger partial charge in [-0.15, -0.1) is 0 Å². The van der Waals surface area contributed by atoms with E-state index in [1.54, 1.807) is 7.11 Å². The standard InChI is InChI=1S/C20H23N3O3/c1-13-12-18(26-16-9-7-15(25-2)8-10-16)22-19(21-13)17-4-3-11-23(17)20(24)14-5-6-14/h7-10,12,14,17H,3-6,11H2,1-2H3/t17-/m0/s1. The van der Waals surface area contributed by atoms with Crippen LogP contribution in [0.1, 0.15) is 43.2 Å². The van der Waals surface area contributed by atoms with Gasteiger partial charge in [0.05, 0.1) is 13.2 Å². The number of hydrogen-bond acceptors (Lipinski definition) is 5. The summed E-state index contributed by atoms with van der Waals surface area (Å²) >= 11 is 0. The van der Waals surface area contributed by atoms with Crippen LogP contribution in [0, 0.1) is 12.8 Å². The SMILES string of the molecule is COc1ccc(Oc2cc(C)nc([C@@H]3CCCN3C(=O)C3CC3)n2)cc1. The lowest BCUT2D eigenvalue weighted by molar-refractivity contribution is -0.133. The van der Waals surface area contributed by atoms with Crippen LogP contribution in [0.15, 0.2) is 30.3 Å². The zero-order chi connectivity index (χ0) is 18.1. The third-order valence-corrected chi connectivity index (χ3v) is 4.89. The van der Waals surface area contributed by atoms with E-state index in [1.807, 2.05) is 42.2 Å². The fourth-order valence-corrected chi connectivity index (χ4v) is 3.39. The Morgan fingerprint density at radius 3 is 2.54 bits per heavy atom. The number of aromatic nitrogens is 2. The first-order valence-electron chi connectivity index (χ1n) is 9.12. The van der Waals surface area contributed by atoms with E-state index in [-0.39, 0.29) is 17.9 Å². The molecule has 1 amide bonds. The number of amides is 1. The van der Waals surface area contributed by atoms with Crippen molar-refractivity contribution in [1.82, 2.24) is 14.9 Å². The summed E-state index contributed by atoms with van der Waals surface area (Å²) in [6, 6.07) is 9.15. The van der Waals surface area contributed by atoms with Gasteiger partial charge in [0.15, 0.2) is 5.82 Å². The van der Waals surface area contributed by atoms with Gasteiger partial charge in [-0.2, -0.15) is 4.98 Å². The summed E-state index contributed by atoms with van der Waals surface area (Å²) in [5.74, 6) is 3.12. The number of nitrogens with zero attached hydrogens (tertiary/aromatic N) is 3. The lowest BCUT2D eigenvalue weighted by Crippen LogP contribution is -2.32. The van der Waals surface area contributed by atoms with E-state index in [4.69, 9.17) is 9.47 Å². The molecule has 1 aromatic heterocycles. The lowest BCUT2D eigenvalue weighted by atomic mass is 10.2. The van der Waals surface area contributed by atoms with Gasteiger partial charge in [0.1, 0.15) is 11.5 Å². The molecule has 0 N–H and O–H groups in total. The minimum absolute atomic E-state index is 0.0405. The molecule has 26 heavy (non-hydrogen) atoms. The van der Waals surface area contributed by atoms with E-state index >= 15 is 0 Å². The van der Waals surface area contributed by atoms with E-state index in [0.717, 1.165) is 43.7 Å². The summed E-state index contributed by atoms with van der Waals surface area (Å²) in [6.07, 6.45) is 3.93. The zero-order valence-electron chi connectivity index (χ0n) is 15.1. The van der Waals surface area contributed by atoms with Crippen molar-refractivity contribution in [3.8, 4) is 17.4 Å². The van der Waals surface area contributed by atoms with Crippen LogP contribution >= 0.6 is 0 Å². The molecule has 0 unspecified atom stereocenters. The molecule has 1 saturated heterocycles. The highest BCUT2D eigenvalue weighted by atomic mass is 16.5. The van der Waals surface area contributed by atoms with Crippen molar-refractivity contribution < 1.29 is 14.3 Å². The first kappa shape index (κ1) is 16.8. The molecule has 1 atom stereocenters. The molecule has 1 saturated carbocycles. The van der Waals surface area contributed by atoms with Crippen LogP contribution in [0.4, 0.5) is 0 Å². The summed E-state index contributed by atoms with van der Waals surface area (Å²) in [5.41, 5.74) is 0.837. The highest BCUT2D eigenvalue weighted by Crippen LogP contribution is 2.38. The van der Waals surface area contributed by atoms with Gasteiger partial charge in [0, 0.05) is 24.2 Å². The Morgan fingerprint density at radius 1 is 1.12 bits per heavy atom. The Bertz CT molecular complexity index is 802. The number of rotatable bonds is 5. The van der Waals surface area contributed by atoms with Crippen molar-refractivity contribution in [3.05, 3.63) is 41.9 Å². The molecular formula is C20H23N3O3. The van der Waals surface area contributed by atoms with E-state index in [0.29, 0.717) is 17.5 Å². The van der Waals surface area contributed by atoms with Crippen LogP contribution < -0.4 is 9.47 Å². The maximum Gasteiger partial charge on any atom is 0.226 e. The van der Waals surface area contributed by atoms with Gasteiger partial charge in [0.25, 0.3) is 0 Å². The van der Waals surface area contributed by atoms with Crippen molar-refractivity contribution in [1.29, 1.82) is 0 Å². The van der Waals surface area contributed by atoms with Gasteiger partial charge in [-0.1, -0.05) is 0 Å². The third-order valence-electron chi connectivity index (χ3n) is 4.89. The normalized spacial score (nSPS) is 19.5. The zero-order valence-corrected chi connectivity index (χ0v) is 15.1. The van der Waals surface area contributed by atoms with E-state index < -0.39 is 0 Å². The van der Waals surface area contributed by atoms with Crippen molar-refractivity contribution in [2.75, 3.05) is 13.7 Å². The molecule has 1 aliphatic heterocycles. The molecule has 2 aliphatic rings. The molecule has 2 heterocycles. The Morgan fingerprint density at radius 2 is 1.85 bits per heavy atom. The summed E-state index contributed by atoms with van der Waals surface area (Å²) in [7, 11) is 1.63. The first-order chi connectivity index (χ1) is 12.6. The van der Waals surface area contributed by atoms with Gasteiger partial charge < -0.3 is 14.4 Å². The highest BCUT2D eigenvalue weighted by Gasteiger charge is 2.39. The fourth-order valence-electron chi connectivity index (χ4n) is 3.39. The molecular weight excluding hydrogens is 330 g/mol. The number of aryl methyl sites for hydroxylation is 1. The van der Waals surface area contributed by atoms with Gasteiger partial charge in [-0.3, -0.25) is 4.79 Å². The molecule has 4 rings (SSSR count). The number of ether oxygens (including phenoxy) is 2. The van der Waals surface area contributed by atoms with Crippen LogP contribution in [0.2, 0.25) is 0 Å². The maximum absolute atomic E-state index is 12.5. The van der Waals surface area contributed by atoms with E-state index in [1.165, 1.54) is 0 Å². The number of carbonyl (C=O) groups excluding carboxylic acids is 1. The molecule has 1 aromatic carbocycles. The number of methoxy groups -OCH3 is 1. The summed E-state index contributed by atoms with van der Waals surface area (Å²) in [4.78, 5) is 23.7. The van der Waals surface area contributed by atoms with Crippen molar-refractivity contribution in [2.24, 2.45) is 5.92 Å². The van der Waals surface area contributed by atoms with Gasteiger partial charge >= 0.3 is 0 Å².